The standard InChI is InChI=1S/C26H23Cl3N4O/c1-14-10-23(33-32-14)30-22-13-26(2,3)34-25-20(22)12-19(15-4-6-16(27)7-5-15)24(31-25)18-9-8-17(28)11-21(18)29/h4-12,22H,13H2,1-3H3,(H2,30,32,33). The minimum Gasteiger partial charge on any atom is -0.471 e. The van der Waals surface area contributed by atoms with Crippen LogP contribution in [0, 0.1) is 6.92 Å². The summed E-state index contributed by atoms with van der Waals surface area (Å²) in [6, 6.07) is 17.2. The van der Waals surface area contributed by atoms with E-state index >= 15 is 0 Å². The highest BCUT2D eigenvalue weighted by Gasteiger charge is 2.36. The van der Waals surface area contributed by atoms with Gasteiger partial charge in [-0.25, -0.2) is 4.98 Å². The Morgan fingerprint density at radius 2 is 1.71 bits per heavy atom. The van der Waals surface area contributed by atoms with Gasteiger partial charge in [-0.05, 0) is 62.7 Å². The van der Waals surface area contributed by atoms with Gasteiger partial charge in [0.2, 0.25) is 5.88 Å². The molecule has 1 aliphatic rings. The lowest BCUT2D eigenvalue weighted by atomic mass is 9.88. The van der Waals surface area contributed by atoms with Crippen LogP contribution in [0.2, 0.25) is 15.1 Å². The fraction of sp³-hybridized carbons (Fsp3) is 0.231. The van der Waals surface area contributed by atoms with Gasteiger partial charge in [0.15, 0.2) is 0 Å². The highest BCUT2D eigenvalue weighted by atomic mass is 35.5. The zero-order valence-electron chi connectivity index (χ0n) is 18.9. The van der Waals surface area contributed by atoms with E-state index < -0.39 is 5.60 Å². The van der Waals surface area contributed by atoms with E-state index in [1.54, 1.807) is 6.07 Å². The first-order valence-corrected chi connectivity index (χ1v) is 12.1. The molecule has 0 fully saturated rings. The fourth-order valence-electron chi connectivity index (χ4n) is 4.28. The molecule has 0 amide bonds. The van der Waals surface area contributed by atoms with E-state index in [0.29, 0.717) is 20.9 Å². The minimum atomic E-state index is -0.425. The van der Waals surface area contributed by atoms with Gasteiger partial charge in [0.05, 0.1) is 16.8 Å². The van der Waals surface area contributed by atoms with Crippen LogP contribution in [0.5, 0.6) is 5.88 Å². The normalized spacial score (nSPS) is 16.6. The van der Waals surface area contributed by atoms with Gasteiger partial charge in [0.25, 0.3) is 0 Å². The first kappa shape index (κ1) is 23.0. The molecule has 4 aromatic rings. The molecule has 1 aliphatic heterocycles. The Balaban J connectivity index is 1.71. The second-order valence-corrected chi connectivity index (χ2v) is 10.4. The van der Waals surface area contributed by atoms with E-state index in [1.807, 2.05) is 49.4 Å². The first-order valence-electron chi connectivity index (χ1n) is 10.9. The molecule has 3 heterocycles. The molecule has 0 saturated carbocycles. The predicted octanol–water partition coefficient (Wildman–Crippen LogP) is 8.12. The molecule has 34 heavy (non-hydrogen) atoms. The molecular formula is C26H23Cl3N4O. The van der Waals surface area contributed by atoms with Crippen LogP contribution >= 0.6 is 34.8 Å². The van der Waals surface area contributed by atoms with Crippen molar-refractivity contribution in [2.45, 2.75) is 38.8 Å². The van der Waals surface area contributed by atoms with Crippen molar-refractivity contribution >= 4 is 40.6 Å². The number of nitrogens with zero attached hydrogens (tertiary/aromatic N) is 2. The van der Waals surface area contributed by atoms with Crippen LogP contribution in [0.15, 0.2) is 54.6 Å². The Kier molecular flexibility index (Phi) is 5.96. The molecule has 1 atom stereocenters. The number of hydrogen-bond acceptors (Lipinski definition) is 4. The number of ether oxygens (including phenoxy) is 1. The van der Waals surface area contributed by atoms with Crippen molar-refractivity contribution in [3.05, 3.63) is 80.9 Å². The zero-order valence-corrected chi connectivity index (χ0v) is 21.2. The third-order valence-electron chi connectivity index (χ3n) is 5.83. The van der Waals surface area contributed by atoms with Crippen molar-refractivity contribution in [1.29, 1.82) is 0 Å². The van der Waals surface area contributed by atoms with Gasteiger partial charge >= 0.3 is 0 Å². The molecule has 5 nitrogen and oxygen atoms in total. The van der Waals surface area contributed by atoms with Crippen LogP contribution in [0.25, 0.3) is 22.4 Å². The molecule has 0 bridgehead atoms. The summed E-state index contributed by atoms with van der Waals surface area (Å²) >= 11 is 19.0. The first-order chi connectivity index (χ1) is 16.2. The van der Waals surface area contributed by atoms with Gasteiger partial charge < -0.3 is 10.1 Å². The molecule has 0 aliphatic carbocycles. The highest BCUT2D eigenvalue weighted by Crippen LogP contribution is 2.45. The molecule has 2 aromatic heterocycles. The highest BCUT2D eigenvalue weighted by molar-refractivity contribution is 6.36. The molecule has 0 spiro atoms. The van der Waals surface area contributed by atoms with Crippen LogP contribution in [-0.4, -0.2) is 20.8 Å². The van der Waals surface area contributed by atoms with Crippen LogP contribution in [0.3, 0.4) is 0 Å². The molecule has 2 aromatic carbocycles. The lowest BCUT2D eigenvalue weighted by Crippen LogP contribution is -2.37. The van der Waals surface area contributed by atoms with Crippen molar-refractivity contribution in [1.82, 2.24) is 15.2 Å². The number of H-pyrrole nitrogens is 1. The molecule has 1 unspecified atom stereocenters. The summed E-state index contributed by atoms with van der Waals surface area (Å²) in [4.78, 5) is 5.01. The maximum Gasteiger partial charge on any atom is 0.219 e. The number of hydrogen-bond donors (Lipinski definition) is 2. The number of halogens is 3. The van der Waals surface area contributed by atoms with Gasteiger partial charge in [-0.3, -0.25) is 5.10 Å². The SMILES string of the molecule is Cc1cc(NC2CC(C)(C)Oc3nc(-c4ccc(Cl)cc4Cl)c(-c4ccc(Cl)cc4)cc32)n[nH]1. The van der Waals surface area contributed by atoms with E-state index in [0.717, 1.165) is 45.9 Å². The molecule has 0 radical (unpaired) electrons. The van der Waals surface area contributed by atoms with Crippen LogP contribution in [0.1, 0.15) is 37.6 Å². The Morgan fingerprint density at radius 3 is 2.38 bits per heavy atom. The summed E-state index contributed by atoms with van der Waals surface area (Å²) in [7, 11) is 0. The smallest absolute Gasteiger partial charge is 0.219 e. The molecule has 174 valence electrons. The van der Waals surface area contributed by atoms with E-state index in [-0.39, 0.29) is 6.04 Å². The van der Waals surface area contributed by atoms with Gasteiger partial charge in [0, 0.05) is 44.9 Å². The summed E-state index contributed by atoms with van der Waals surface area (Å²) in [5.41, 5.74) is 4.91. The average Bonchev–Trinajstić information content (AvgIpc) is 3.17. The molecule has 8 heteroatoms. The van der Waals surface area contributed by atoms with Crippen molar-refractivity contribution in [2.75, 3.05) is 5.32 Å². The number of aryl methyl sites for hydroxylation is 1. The van der Waals surface area contributed by atoms with Gasteiger partial charge in [0.1, 0.15) is 11.4 Å². The zero-order chi connectivity index (χ0) is 24.0. The Bertz CT molecular complexity index is 1370. The molecule has 0 saturated heterocycles. The number of rotatable bonds is 4. The summed E-state index contributed by atoms with van der Waals surface area (Å²) in [6.07, 6.45) is 0.745. The summed E-state index contributed by atoms with van der Waals surface area (Å²) in [5.74, 6) is 1.35. The number of benzene rings is 2. The second-order valence-electron chi connectivity index (χ2n) is 9.11. The monoisotopic (exact) mass is 512 g/mol. The third kappa shape index (κ3) is 4.61. The van der Waals surface area contributed by atoms with Crippen LogP contribution in [0.4, 0.5) is 5.82 Å². The number of aromatic amines is 1. The summed E-state index contributed by atoms with van der Waals surface area (Å²) < 4.78 is 6.36. The third-order valence-corrected chi connectivity index (χ3v) is 6.63. The van der Waals surface area contributed by atoms with Crippen molar-refractivity contribution < 1.29 is 4.74 Å². The average molecular weight is 514 g/mol. The lowest BCUT2D eigenvalue weighted by Gasteiger charge is -2.37. The fourth-order valence-corrected chi connectivity index (χ4v) is 4.91. The van der Waals surface area contributed by atoms with E-state index in [2.05, 4.69) is 35.4 Å². The van der Waals surface area contributed by atoms with Crippen molar-refractivity contribution in [3.8, 4) is 28.3 Å². The molecular weight excluding hydrogens is 491 g/mol. The Hall–Kier alpha value is -2.73. The van der Waals surface area contributed by atoms with Gasteiger partial charge in [-0.1, -0.05) is 46.9 Å². The van der Waals surface area contributed by atoms with Crippen LogP contribution in [-0.2, 0) is 0 Å². The summed E-state index contributed by atoms with van der Waals surface area (Å²) in [6.45, 7) is 6.09. The van der Waals surface area contributed by atoms with Gasteiger partial charge in [-0.15, -0.1) is 0 Å². The number of anilines is 1. The Labute approximate surface area is 213 Å². The lowest BCUT2D eigenvalue weighted by molar-refractivity contribution is 0.0698. The summed E-state index contributed by atoms with van der Waals surface area (Å²) in [5, 5.41) is 12.7. The number of aromatic nitrogens is 3. The number of nitrogens with one attached hydrogen (secondary N) is 2. The van der Waals surface area contributed by atoms with Gasteiger partial charge in [-0.2, -0.15) is 5.10 Å². The maximum atomic E-state index is 6.62. The number of fused-ring (bicyclic) bond motifs is 1. The largest absolute Gasteiger partial charge is 0.471 e. The van der Waals surface area contributed by atoms with Crippen molar-refractivity contribution in [3.63, 3.8) is 0 Å². The predicted molar refractivity (Wildman–Crippen MR) is 139 cm³/mol. The molecule has 2 N–H and O–H groups in total. The number of pyridine rings is 1. The quantitative estimate of drug-likeness (QED) is 0.289. The second kappa shape index (κ2) is 8.81. The maximum absolute atomic E-state index is 6.62. The van der Waals surface area contributed by atoms with E-state index in [4.69, 9.17) is 44.5 Å². The van der Waals surface area contributed by atoms with E-state index in [9.17, 15) is 0 Å². The Morgan fingerprint density at radius 1 is 0.971 bits per heavy atom. The molecule has 5 rings (SSSR count). The van der Waals surface area contributed by atoms with Crippen LogP contribution < -0.4 is 10.1 Å². The van der Waals surface area contributed by atoms with Crippen molar-refractivity contribution in [2.24, 2.45) is 0 Å². The van der Waals surface area contributed by atoms with E-state index in [1.165, 1.54) is 0 Å². The minimum absolute atomic E-state index is 0.0465. The topological polar surface area (TPSA) is 62.8 Å².